The topological polar surface area (TPSA) is 48.1 Å². The van der Waals surface area contributed by atoms with E-state index in [1.54, 1.807) is 0 Å². The fourth-order valence-corrected chi connectivity index (χ4v) is 2.43. The number of halogens is 1. The number of nitrogens with zero attached hydrogens (tertiary/aromatic N) is 1. The van der Waals surface area contributed by atoms with Gasteiger partial charge in [0, 0.05) is 4.47 Å². The monoisotopic (exact) mass is 284 g/mol. The summed E-state index contributed by atoms with van der Waals surface area (Å²) in [4.78, 5) is 4.19. The van der Waals surface area contributed by atoms with E-state index in [9.17, 15) is 0 Å². The summed E-state index contributed by atoms with van der Waals surface area (Å²) in [5.41, 5.74) is 7.74. The number of aromatic nitrogens is 1. The van der Waals surface area contributed by atoms with Gasteiger partial charge in [-0.25, -0.2) is 4.98 Å². The normalized spacial score (nSPS) is 16.9. The number of rotatable bonds is 3. The van der Waals surface area contributed by atoms with Crippen LogP contribution in [0.4, 0.5) is 5.82 Å². The summed E-state index contributed by atoms with van der Waals surface area (Å²) < 4.78 is 6.88. The molecule has 1 aromatic heterocycles. The van der Waals surface area contributed by atoms with Gasteiger partial charge in [-0.15, -0.1) is 0 Å². The first-order chi connectivity index (χ1) is 7.66. The number of ether oxygens (including phenoxy) is 1. The van der Waals surface area contributed by atoms with E-state index in [-0.39, 0.29) is 0 Å². The zero-order valence-corrected chi connectivity index (χ0v) is 11.1. The Balaban J connectivity index is 2.02. The van der Waals surface area contributed by atoms with Crippen molar-refractivity contribution in [3.63, 3.8) is 0 Å². The van der Waals surface area contributed by atoms with E-state index >= 15 is 0 Å². The molecule has 2 rings (SSSR count). The molecule has 4 heteroatoms. The first-order valence-corrected chi connectivity index (χ1v) is 6.49. The summed E-state index contributed by atoms with van der Waals surface area (Å²) in [5.74, 6) is 0.561. The van der Waals surface area contributed by atoms with Crippen molar-refractivity contribution in [2.45, 2.75) is 45.3 Å². The second-order valence-electron chi connectivity index (χ2n) is 4.32. The Hall–Kier alpha value is -0.610. The highest BCUT2D eigenvalue weighted by atomic mass is 79.9. The van der Waals surface area contributed by atoms with Gasteiger partial charge in [-0.3, -0.25) is 0 Å². The average molecular weight is 285 g/mol. The number of hydrogen-bond acceptors (Lipinski definition) is 3. The molecular weight excluding hydrogens is 268 g/mol. The number of hydrogen-bond donors (Lipinski definition) is 1. The van der Waals surface area contributed by atoms with Gasteiger partial charge in [-0.2, -0.15) is 0 Å². The highest BCUT2D eigenvalue weighted by Gasteiger charge is 2.16. The maximum absolute atomic E-state index is 5.87. The molecule has 0 unspecified atom stereocenters. The summed E-state index contributed by atoms with van der Waals surface area (Å²) in [7, 11) is 0. The summed E-state index contributed by atoms with van der Waals surface area (Å²) >= 11 is 3.53. The third kappa shape index (κ3) is 2.74. The molecule has 88 valence electrons. The van der Waals surface area contributed by atoms with Crippen LogP contribution in [0.25, 0.3) is 0 Å². The SMILES string of the molecule is Cc1nc(N)cc(COC2CCCC2)c1Br. The van der Waals surface area contributed by atoms with E-state index in [4.69, 9.17) is 10.5 Å². The van der Waals surface area contributed by atoms with Crippen LogP contribution in [-0.2, 0) is 11.3 Å². The Kier molecular flexibility index (Phi) is 3.82. The van der Waals surface area contributed by atoms with Gasteiger partial charge in [-0.1, -0.05) is 12.8 Å². The van der Waals surface area contributed by atoms with Crippen LogP contribution in [0.1, 0.15) is 36.9 Å². The standard InChI is InChI=1S/C12H17BrN2O/c1-8-12(13)9(6-11(14)15-8)7-16-10-4-2-3-5-10/h6,10H,2-5,7H2,1H3,(H2,14,15). The molecule has 0 aliphatic heterocycles. The Labute approximate surface area is 105 Å². The lowest BCUT2D eigenvalue weighted by Crippen LogP contribution is -2.08. The second kappa shape index (κ2) is 5.15. The molecule has 0 bridgehead atoms. The Bertz CT molecular complexity index is 376. The molecule has 1 aliphatic carbocycles. The molecule has 1 heterocycles. The lowest BCUT2D eigenvalue weighted by atomic mass is 10.2. The summed E-state index contributed by atoms with van der Waals surface area (Å²) in [6.45, 7) is 2.57. The van der Waals surface area contributed by atoms with Crippen LogP contribution in [0, 0.1) is 6.92 Å². The lowest BCUT2D eigenvalue weighted by Gasteiger charge is -2.13. The largest absolute Gasteiger partial charge is 0.384 e. The van der Waals surface area contributed by atoms with Gasteiger partial charge < -0.3 is 10.5 Å². The minimum Gasteiger partial charge on any atom is -0.384 e. The van der Waals surface area contributed by atoms with Crippen molar-refractivity contribution in [2.75, 3.05) is 5.73 Å². The van der Waals surface area contributed by atoms with E-state index in [1.807, 2.05) is 13.0 Å². The molecule has 3 nitrogen and oxygen atoms in total. The highest BCUT2D eigenvalue weighted by molar-refractivity contribution is 9.10. The minimum absolute atomic E-state index is 0.432. The zero-order valence-electron chi connectivity index (χ0n) is 9.50. The molecule has 1 fully saturated rings. The van der Waals surface area contributed by atoms with Gasteiger partial charge in [0.2, 0.25) is 0 Å². The third-order valence-corrected chi connectivity index (χ3v) is 4.08. The van der Waals surface area contributed by atoms with Crippen molar-refractivity contribution in [1.29, 1.82) is 0 Å². The molecule has 2 N–H and O–H groups in total. The third-order valence-electron chi connectivity index (χ3n) is 3.00. The quantitative estimate of drug-likeness (QED) is 0.927. The van der Waals surface area contributed by atoms with Crippen molar-refractivity contribution >= 4 is 21.7 Å². The molecule has 1 aliphatic rings. The highest BCUT2D eigenvalue weighted by Crippen LogP contribution is 2.26. The molecule has 0 atom stereocenters. The van der Waals surface area contributed by atoms with Crippen LogP contribution in [0.15, 0.2) is 10.5 Å². The molecule has 0 aromatic carbocycles. The Morgan fingerprint density at radius 3 is 2.88 bits per heavy atom. The molecule has 1 saturated carbocycles. The summed E-state index contributed by atoms with van der Waals surface area (Å²) in [5, 5.41) is 0. The number of anilines is 1. The Morgan fingerprint density at radius 2 is 2.19 bits per heavy atom. The first kappa shape index (κ1) is 11.9. The lowest BCUT2D eigenvalue weighted by molar-refractivity contribution is 0.0453. The molecule has 16 heavy (non-hydrogen) atoms. The van der Waals surface area contributed by atoms with Gasteiger partial charge >= 0.3 is 0 Å². The number of pyridine rings is 1. The van der Waals surface area contributed by atoms with E-state index in [0.29, 0.717) is 18.5 Å². The van der Waals surface area contributed by atoms with Gasteiger partial charge in [0.1, 0.15) is 5.82 Å². The van der Waals surface area contributed by atoms with Crippen molar-refractivity contribution in [3.8, 4) is 0 Å². The zero-order chi connectivity index (χ0) is 11.5. The maximum Gasteiger partial charge on any atom is 0.124 e. The fraction of sp³-hybridized carbons (Fsp3) is 0.583. The Morgan fingerprint density at radius 1 is 1.50 bits per heavy atom. The molecule has 1 aromatic rings. The first-order valence-electron chi connectivity index (χ1n) is 5.70. The number of aryl methyl sites for hydroxylation is 1. The predicted molar refractivity (Wildman–Crippen MR) is 68.1 cm³/mol. The van der Waals surface area contributed by atoms with Gasteiger partial charge in [0.15, 0.2) is 0 Å². The van der Waals surface area contributed by atoms with E-state index in [0.717, 1.165) is 15.7 Å². The van der Waals surface area contributed by atoms with E-state index < -0.39 is 0 Å². The molecule has 0 radical (unpaired) electrons. The smallest absolute Gasteiger partial charge is 0.124 e. The van der Waals surface area contributed by atoms with Gasteiger partial charge in [-0.05, 0) is 47.3 Å². The van der Waals surface area contributed by atoms with Crippen LogP contribution in [0.5, 0.6) is 0 Å². The van der Waals surface area contributed by atoms with Crippen LogP contribution in [0.3, 0.4) is 0 Å². The van der Waals surface area contributed by atoms with Gasteiger partial charge in [0.25, 0.3) is 0 Å². The number of nitrogen functional groups attached to an aromatic ring is 1. The van der Waals surface area contributed by atoms with Crippen molar-refractivity contribution < 1.29 is 4.74 Å². The molecule has 0 saturated heterocycles. The molecule has 0 spiro atoms. The minimum atomic E-state index is 0.432. The molecular formula is C12H17BrN2O. The van der Waals surface area contributed by atoms with Crippen LogP contribution >= 0.6 is 15.9 Å². The number of nitrogens with two attached hydrogens (primary N) is 1. The second-order valence-corrected chi connectivity index (χ2v) is 5.12. The van der Waals surface area contributed by atoms with Crippen molar-refractivity contribution in [3.05, 3.63) is 21.8 Å². The van der Waals surface area contributed by atoms with Crippen LogP contribution in [0.2, 0.25) is 0 Å². The van der Waals surface area contributed by atoms with Crippen molar-refractivity contribution in [1.82, 2.24) is 4.98 Å². The van der Waals surface area contributed by atoms with E-state index in [2.05, 4.69) is 20.9 Å². The van der Waals surface area contributed by atoms with Gasteiger partial charge in [0.05, 0.1) is 18.4 Å². The summed E-state index contributed by atoms with van der Waals surface area (Å²) in [6.07, 6.45) is 5.41. The summed E-state index contributed by atoms with van der Waals surface area (Å²) in [6, 6.07) is 1.88. The molecule has 0 amide bonds. The van der Waals surface area contributed by atoms with Crippen LogP contribution < -0.4 is 5.73 Å². The van der Waals surface area contributed by atoms with Crippen molar-refractivity contribution in [2.24, 2.45) is 0 Å². The van der Waals surface area contributed by atoms with Crippen LogP contribution in [-0.4, -0.2) is 11.1 Å². The fourth-order valence-electron chi connectivity index (χ4n) is 2.12. The van der Waals surface area contributed by atoms with E-state index in [1.165, 1.54) is 25.7 Å². The predicted octanol–water partition coefficient (Wildman–Crippen LogP) is 3.19. The maximum atomic E-state index is 5.87. The average Bonchev–Trinajstić information content (AvgIpc) is 2.74.